The Balaban J connectivity index is 1.93. The summed E-state index contributed by atoms with van der Waals surface area (Å²) in [5.74, 6) is 0.929. The van der Waals surface area contributed by atoms with E-state index in [1.54, 1.807) is 6.26 Å². The zero-order chi connectivity index (χ0) is 13.2. The molecule has 0 amide bonds. The summed E-state index contributed by atoms with van der Waals surface area (Å²) in [5.41, 5.74) is 0.904. The second-order valence-corrected chi connectivity index (χ2v) is 5.44. The molecule has 1 unspecified atom stereocenters. The molecule has 5 heteroatoms. The van der Waals surface area contributed by atoms with Crippen LogP contribution in [0.3, 0.4) is 0 Å². The highest BCUT2D eigenvalue weighted by atomic mass is 16.3. The molecule has 0 spiro atoms. The van der Waals surface area contributed by atoms with E-state index in [4.69, 9.17) is 4.42 Å². The lowest BCUT2D eigenvalue weighted by Gasteiger charge is -2.17. The molecular weight excluding hydrogens is 228 g/mol. The summed E-state index contributed by atoms with van der Waals surface area (Å²) in [7, 11) is 0. The van der Waals surface area contributed by atoms with Crippen LogP contribution in [0.1, 0.15) is 45.2 Å². The summed E-state index contributed by atoms with van der Waals surface area (Å²) >= 11 is 0. The summed E-state index contributed by atoms with van der Waals surface area (Å²) in [6.45, 7) is 9.05. The highest BCUT2D eigenvalue weighted by Gasteiger charge is 2.15. The van der Waals surface area contributed by atoms with Crippen molar-refractivity contribution in [1.29, 1.82) is 0 Å². The SMILES string of the molecule is CC(NCc1cn(C(C)(C)C)nn1)c1ccco1. The molecule has 0 radical (unpaired) electrons. The molecule has 2 aromatic rings. The maximum Gasteiger partial charge on any atom is 0.120 e. The van der Waals surface area contributed by atoms with Gasteiger partial charge in [0.05, 0.1) is 29.7 Å². The van der Waals surface area contributed by atoms with Crippen molar-refractivity contribution in [3.63, 3.8) is 0 Å². The minimum absolute atomic E-state index is 0.0299. The predicted molar refractivity (Wildman–Crippen MR) is 69.0 cm³/mol. The smallest absolute Gasteiger partial charge is 0.120 e. The van der Waals surface area contributed by atoms with Gasteiger partial charge in [-0.15, -0.1) is 5.10 Å². The zero-order valence-corrected chi connectivity index (χ0v) is 11.3. The Morgan fingerprint density at radius 2 is 2.22 bits per heavy atom. The molecule has 0 saturated heterocycles. The number of furan rings is 1. The van der Waals surface area contributed by atoms with Crippen LogP contribution in [0, 0.1) is 0 Å². The number of hydrogen-bond donors (Lipinski definition) is 1. The van der Waals surface area contributed by atoms with Crippen LogP contribution in [0.2, 0.25) is 0 Å². The highest BCUT2D eigenvalue weighted by molar-refractivity contribution is 5.04. The number of aromatic nitrogens is 3. The van der Waals surface area contributed by atoms with Crippen LogP contribution in [0.25, 0.3) is 0 Å². The van der Waals surface area contributed by atoms with Gasteiger partial charge >= 0.3 is 0 Å². The van der Waals surface area contributed by atoms with Gasteiger partial charge in [0.1, 0.15) is 5.76 Å². The topological polar surface area (TPSA) is 55.9 Å². The van der Waals surface area contributed by atoms with E-state index < -0.39 is 0 Å². The van der Waals surface area contributed by atoms with Crippen molar-refractivity contribution in [2.45, 2.75) is 45.8 Å². The Morgan fingerprint density at radius 3 is 2.78 bits per heavy atom. The average molecular weight is 248 g/mol. The van der Waals surface area contributed by atoms with Gasteiger partial charge in [0, 0.05) is 6.54 Å². The van der Waals surface area contributed by atoms with Gasteiger partial charge in [0.25, 0.3) is 0 Å². The molecule has 2 rings (SSSR count). The first-order valence-electron chi connectivity index (χ1n) is 6.15. The first kappa shape index (κ1) is 12.8. The van der Waals surface area contributed by atoms with Gasteiger partial charge in [0.2, 0.25) is 0 Å². The average Bonchev–Trinajstić information content (AvgIpc) is 2.96. The Bertz CT molecular complexity index is 481. The Morgan fingerprint density at radius 1 is 1.44 bits per heavy atom. The molecule has 0 bridgehead atoms. The van der Waals surface area contributed by atoms with Gasteiger partial charge in [-0.25, -0.2) is 4.68 Å². The first-order chi connectivity index (χ1) is 8.47. The van der Waals surface area contributed by atoms with Crippen LogP contribution in [-0.2, 0) is 12.1 Å². The lowest BCUT2D eigenvalue weighted by atomic mass is 10.1. The van der Waals surface area contributed by atoms with E-state index in [2.05, 4.69) is 43.3 Å². The predicted octanol–water partition coefficient (Wildman–Crippen LogP) is 2.48. The standard InChI is InChI=1S/C13H20N4O/c1-10(12-6-5-7-18-12)14-8-11-9-17(16-15-11)13(2,3)4/h5-7,9-10,14H,8H2,1-4H3. The number of hydrogen-bond acceptors (Lipinski definition) is 4. The summed E-state index contributed by atoms with van der Waals surface area (Å²) < 4.78 is 7.22. The van der Waals surface area contributed by atoms with Crippen molar-refractivity contribution in [3.05, 3.63) is 36.0 Å². The Hall–Kier alpha value is -1.62. The minimum atomic E-state index is -0.0299. The summed E-state index contributed by atoms with van der Waals surface area (Å²) in [6, 6.07) is 4.02. The third-order valence-electron chi connectivity index (χ3n) is 2.79. The van der Waals surface area contributed by atoms with E-state index in [-0.39, 0.29) is 11.6 Å². The van der Waals surface area contributed by atoms with Crippen molar-refractivity contribution >= 4 is 0 Å². The summed E-state index contributed by atoms with van der Waals surface area (Å²) in [5, 5.41) is 11.6. The van der Waals surface area contributed by atoms with Crippen molar-refractivity contribution < 1.29 is 4.42 Å². The monoisotopic (exact) mass is 248 g/mol. The van der Waals surface area contributed by atoms with Gasteiger partial charge in [-0.05, 0) is 39.8 Å². The first-order valence-corrected chi connectivity index (χ1v) is 6.15. The second kappa shape index (κ2) is 4.94. The largest absolute Gasteiger partial charge is 0.468 e. The Labute approximate surface area is 107 Å². The summed E-state index contributed by atoms with van der Waals surface area (Å²) in [6.07, 6.45) is 3.66. The lowest BCUT2D eigenvalue weighted by molar-refractivity contribution is 0.346. The molecule has 5 nitrogen and oxygen atoms in total. The molecule has 0 aliphatic heterocycles. The number of rotatable bonds is 4. The van der Waals surface area contributed by atoms with E-state index >= 15 is 0 Å². The molecule has 18 heavy (non-hydrogen) atoms. The third kappa shape index (κ3) is 2.98. The molecule has 0 aliphatic carbocycles. The quantitative estimate of drug-likeness (QED) is 0.903. The fourth-order valence-electron chi connectivity index (χ4n) is 1.60. The van der Waals surface area contributed by atoms with E-state index in [1.165, 1.54) is 0 Å². The van der Waals surface area contributed by atoms with Crippen LogP contribution in [0.4, 0.5) is 0 Å². The van der Waals surface area contributed by atoms with E-state index in [9.17, 15) is 0 Å². The molecule has 0 fully saturated rings. The van der Waals surface area contributed by atoms with Gasteiger partial charge in [-0.3, -0.25) is 0 Å². The van der Waals surface area contributed by atoms with Gasteiger partial charge in [-0.1, -0.05) is 5.21 Å². The molecule has 98 valence electrons. The maximum absolute atomic E-state index is 5.34. The van der Waals surface area contributed by atoms with Crippen molar-refractivity contribution in [3.8, 4) is 0 Å². The zero-order valence-electron chi connectivity index (χ0n) is 11.3. The van der Waals surface area contributed by atoms with Crippen LogP contribution in [-0.4, -0.2) is 15.0 Å². The van der Waals surface area contributed by atoms with Gasteiger partial charge < -0.3 is 9.73 Å². The molecular formula is C13H20N4O. The normalized spacial score (nSPS) is 13.8. The fourth-order valence-corrected chi connectivity index (χ4v) is 1.60. The molecule has 2 heterocycles. The molecule has 0 aliphatic rings. The van der Waals surface area contributed by atoms with Crippen LogP contribution in [0.15, 0.2) is 29.0 Å². The molecule has 0 aromatic carbocycles. The van der Waals surface area contributed by atoms with E-state index in [0.29, 0.717) is 6.54 Å². The van der Waals surface area contributed by atoms with E-state index in [0.717, 1.165) is 11.5 Å². The third-order valence-corrected chi connectivity index (χ3v) is 2.79. The van der Waals surface area contributed by atoms with Crippen LogP contribution in [0.5, 0.6) is 0 Å². The Kier molecular flexibility index (Phi) is 3.52. The van der Waals surface area contributed by atoms with Gasteiger partial charge in [-0.2, -0.15) is 0 Å². The minimum Gasteiger partial charge on any atom is -0.468 e. The van der Waals surface area contributed by atoms with Gasteiger partial charge in [0.15, 0.2) is 0 Å². The highest BCUT2D eigenvalue weighted by Crippen LogP contribution is 2.14. The second-order valence-electron chi connectivity index (χ2n) is 5.44. The fraction of sp³-hybridized carbons (Fsp3) is 0.538. The summed E-state index contributed by atoms with van der Waals surface area (Å²) in [4.78, 5) is 0. The van der Waals surface area contributed by atoms with Crippen molar-refractivity contribution in [2.75, 3.05) is 0 Å². The van der Waals surface area contributed by atoms with Crippen LogP contribution >= 0.6 is 0 Å². The van der Waals surface area contributed by atoms with Crippen molar-refractivity contribution in [1.82, 2.24) is 20.3 Å². The molecule has 1 N–H and O–H groups in total. The maximum atomic E-state index is 5.34. The van der Waals surface area contributed by atoms with E-state index in [1.807, 2.05) is 23.0 Å². The lowest BCUT2D eigenvalue weighted by Crippen LogP contribution is -2.22. The number of nitrogens with one attached hydrogen (secondary N) is 1. The number of nitrogens with zero attached hydrogens (tertiary/aromatic N) is 3. The molecule has 0 saturated carbocycles. The molecule has 1 atom stereocenters. The molecule has 2 aromatic heterocycles. The van der Waals surface area contributed by atoms with Crippen LogP contribution < -0.4 is 5.32 Å². The van der Waals surface area contributed by atoms with Crippen molar-refractivity contribution in [2.24, 2.45) is 0 Å².